The van der Waals surface area contributed by atoms with Gasteiger partial charge in [-0.3, -0.25) is 9.59 Å². The number of esters is 1. The van der Waals surface area contributed by atoms with E-state index in [2.05, 4.69) is 27.7 Å². The van der Waals surface area contributed by atoms with Crippen LogP contribution in [0.3, 0.4) is 0 Å². The van der Waals surface area contributed by atoms with Crippen LogP contribution in [0, 0.1) is 46.3 Å². The molecule has 4 fully saturated rings. The molecule has 0 radical (unpaired) electrons. The summed E-state index contributed by atoms with van der Waals surface area (Å²) in [5.74, 6) is 3.51. The summed E-state index contributed by atoms with van der Waals surface area (Å²) < 4.78 is 5.79. The molecule has 4 heteroatoms. The molecule has 4 aliphatic carbocycles. The molecule has 1 N–H and O–H groups in total. The monoisotopic (exact) mass is 432 g/mol. The van der Waals surface area contributed by atoms with Crippen molar-refractivity contribution in [3.63, 3.8) is 0 Å². The van der Waals surface area contributed by atoms with Crippen LogP contribution < -0.4 is 0 Å². The van der Waals surface area contributed by atoms with Crippen LogP contribution in [0.15, 0.2) is 0 Å². The lowest BCUT2D eigenvalue weighted by molar-refractivity contribution is -0.179. The van der Waals surface area contributed by atoms with E-state index < -0.39 is 5.97 Å². The fraction of sp³-hybridized carbons (Fsp3) is 0.926. The Hall–Kier alpha value is -1.06. The second kappa shape index (κ2) is 8.06. The number of aliphatic carboxylic acids is 1. The van der Waals surface area contributed by atoms with Crippen molar-refractivity contribution in [2.45, 2.75) is 111 Å². The maximum atomic E-state index is 11.7. The predicted octanol–water partition coefficient (Wildman–Crippen LogP) is 6.47. The Morgan fingerprint density at radius 2 is 1.68 bits per heavy atom. The van der Waals surface area contributed by atoms with Crippen molar-refractivity contribution in [3.8, 4) is 0 Å². The molecule has 0 spiro atoms. The van der Waals surface area contributed by atoms with Crippen LogP contribution in [-0.4, -0.2) is 22.6 Å². The Morgan fingerprint density at radius 1 is 0.968 bits per heavy atom. The van der Waals surface area contributed by atoms with Crippen LogP contribution in [0.5, 0.6) is 0 Å². The fourth-order valence-corrected chi connectivity index (χ4v) is 9.38. The van der Waals surface area contributed by atoms with Crippen LogP contribution in [0.2, 0.25) is 0 Å². The van der Waals surface area contributed by atoms with Crippen molar-refractivity contribution in [2.75, 3.05) is 0 Å². The van der Waals surface area contributed by atoms with Crippen molar-refractivity contribution in [1.82, 2.24) is 0 Å². The number of ether oxygens (including phenoxy) is 1. The van der Waals surface area contributed by atoms with Crippen LogP contribution in [0.1, 0.15) is 105 Å². The first-order valence-corrected chi connectivity index (χ1v) is 12.9. The second-order valence-corrected chi connectivity index (χ2v) is 12.5. The number of carbonyl (C=O) groups is 2. The molecule has 4 aliphatic rings. The highest BCUT2D eigenvalue weighted by molar-refractivity contribution is 5.66. The highest BCUT2D eigenvalue weighted by Gasteiger charge is 2.61. The number of rotatable bonds is 5. The van der Waals surface area contributed by atoms with E-state index in [0.29, 0.717) is 35.0 Å². The molecule has 0 aromatic rings. The van der Waals surface area contributed by atoms with E-state index in [-0.39, 0.29) is 11.6 Å². The number of carboxylic acids is 1. The van der Waals surface area contributed by atoms with E-state index in [1.165, 1.54) is 44.9 Å². The molecule has 4 saturated carbocycles. The molecule has 176 valence electrons. The highest BCUT2D eigenvalue weighted by Crippen LogP contribution is 2.69. The summed E-state index contributed by atoms with van der Waals surface area (Å²) in [5.41, 5.74) is 0.504. The molecule has 4 nitrogen and oxygen atoms in total. The Balaban J connectivity index is 1.49. The third-order valence-corrected chi connectivity index (χ3v) is 10.9. The van der Waals surface area contributed by atoms with Crippen molar-refractivity contribution < 1.29 is 19.4 Å². The van der Waals surface area contributed by atoms with Gasteiger partial charge in [0, 0.05) is 13.3 Å². The summed E-state index contributed by atoms with van der Waals surface area (Å²) in [6.45, 7) is 11.1. The van der Waals surface area contributed by atoms with Gasteiger partial charge in [-0.2, -0.15) is 0 Å². The summed E-state index contributed by atoms with van der Waals surface area (Å²) in [4.78, 5) is 22.8. The van der Waals surface area contributed by atoms with Gasteiger partial charge in [-0.25, -0.2) is 0 Å². The SMILES string of the molecule is CC(=O)O[C@]1(C)CC[C@@]2(C)[C@H](CC[C@@H]3[C@@H]2CC[C@]2(C)[C@@H]([C@H](C)CCC(=O)O)CC[C@@H]32)C1. The number of carbonyl (C=O) groups excluding carboxylic acids is 1. The van der Waals surface area contributed by atoms with Gasteiger partial charge in [0.15, 0.2) is 0 Å². The first-order chi connectivity index (χ1) is 14.5. The molecule has 0 aromatic carbocycles. The normalized spacial score (nSPS) is 47.6. The zero-order valence-electron chi connectivity index (χ0n) is 20.4. The summed E-state index contributed by atoms with van der Waals surface area (Å²) in [6.07, 6.45) is 12.2. The maximum absolute atomic E-state index is 11.7. The van der Waals surface area contributed by atoms with E-state index in [9.17, 15) is 9.59 Å². The minimum atomic E-state index is -0.653. The summed E-state index contributed by atoms with van der Waals surface area (Å²) >= 11 is 0. The molecule has 0 aliphatic heterocycles. The zero-order valence-corrected chi connectivity index (χ0v) is 20.4. The van der Waals surface area contributed by atoms with Crippen molar-refractivity contribution in [3.05, 3.63) is 0 Å². The predicted molar refractivity (Wildman–Crippen MR) is 121 cm³/mol. The van der Waals surface area contributed by atoms with Gasteiger partial charge < -0.3 is 9.84 Å². The molecule has 9 atom stereocenters. The lowest BCUT2D eigenvalue weighted by atomic mass is 9.43. The number of carboxylic acid groups (broad SMARTS) is 1. The Morgan fingerprint density at radius 3 is 2.35 bits per heavy atom. The lowest BCUT2D eigenvalue weighted by Gasteiger charge is -2.62. The van der Waals surface area contributed by atoms with Gasteiger partial charge in [0.1, 0.15) is 5.60 Å². The Bertz CT molecular complexity index is 718. The summed E-state index contributed by atoms with van der Waals surface area (Å²) in [6, 6.07) is 0. The largest absolute Gasteiger partial charge is 0.481 e. The van der Waals surface area contributed by atoms with Gasteiger partial charge in [-0.15, -0.1) is 0 Å². The van der Waals surface area contributed by atoms with Crippen LogP contribution in [0.4, 0.5) is 0 Å². The molecule has 4 rings (SSSR count). The van der Waals surface area contributed by atoms with E-state index in [4.69, 9.17) is 9.84 Å². The smallest absolute Gasteiger partial charge is 0.303 e. The Labute approximate surface area is 188 Å². The minimum absolute atomic E-state index is 0.137. The molecule has 0 aromatic heterocycles. The molecular formula is C27H44O4. The summed E-state index contributed by atoms with van der Waals surface area (Å²) in [7, 11) is 0. The van der Waals surface area contributed by atoms with E-state index in [1.807, 2.05) is 0 Å². The lowest BCUT2D eigenvalue weighted by Crippen LogP contribution is -2.56. The van der Waals surface area contributed by atoms with Crippen molar-refractivity contribution in [2.24, 2.45) is 46.3 Å². The van der Waals surface area contributed by atoms with Crippen LogP contribution >= 0.6 is 0 Å². The molecule has 0 amide bonds. The first kappa shape index (κ1) is 23.1. The topological polar surface area (TPSA) is 63.6 Å². The molecule has 0 unspecified atom stereocenters. The standard InChI is InChI=1S/C27H44O4/c1-17(6-11-24(29)30)21-9-10-22-20-8-7-19-16-25(3,31-18(2)28)14-15-26(19,4)23(20)12-13-27(21,22)5/h17,19-23H,6-16H2,1-5H3,(H,29,30)/t17-,19-,20+,21-,22+,23+,25-,26+,27-/m1/s1. The van der Waals surface area contributed by atoms with Crippen molar-refractivity contribution in [1.29, 1.82) is 0 Å². The maximum Gasteiger partial charge on any atom is 0.303 e. The van der Waals surface area contributed by atoms with Gasteiger partial charge in [0.25, 0.3) is 0 Å². The van der Waals surface area contributed by atoms with Crippen molar-refractivity contribution >= 4 is 11.9 Å². The van der Waals surface area contributed by atoms with Gasteiger partial charge in [-0.1, -0.05) is 20.8 Å². The quantitative estimate of drug-likeness (QED) is 0.506. The molecule has 31 heavy (non-hydrogen) atoms. The van der Waals surface area contributed by atoms with Gasteiger partial charge in [-0.05, 0) is 117 Å². The third-order valence-electron chi connectivity index (χ3n) is 10.9. The highest BCUT2D eigenvalue weighted by atomic mass is 16.6. The zero-order chi connectivity index (χ0) is 22.6. The number of fused-ring (bicyclic) bond motifs is 5. The molecule has 0 saturated heterocycles. The summed E-state index contributed by atoms with van der Waals surface area (Å²) in [5, 5.41) is 9.15. The van der Waals surface area contributed by atoms with Gasteiger partial charge in [0.05, 0.1) is 0 Å². The average molecular weight is 433 g/mol. The second-order valence-electron chi connectivity index (χ2n) is 12.5. The fourth-order valence-electron chi connectivity index (χ4n) is 9.38. The van der Waals surface area contributed by atoms with E-state index in [0.717, 1.165) is 37.0 Å². The molecule has 0 bridgehead atoms. The minimum Gasteiger partial charge on any atom is -0.481 e. The average Bonchev–Trinajstić information content (AvgIpc) is 3.03. The number of hydrogen-bond donors (Lipinski definition) is 1. The van der Waals surface area contributed by atoms with Gasteiger partial charge >= 0.3 is 11.9 Å². The van der Waals surface area contributed by atoms with E-state index >= 15 is 0 Å². The van der Waals surface area contributed by atoms with Crippen LogP contribution in [-0.2, 0) is 14.3 Å². The Kier molecular flexibility index (Phi) is 6.01. The third kappa shape index (κ3) is 3.95. The van der Waals surface area contributed by atoms with Crippen LogP contribution in [0.25, 0.3) is 0 Å². The van der Waals surface area contributed by atoms with E-state index in [1.54, 1.807) is 6.92 Å². The molecular weight excluding hydrogens is 388 g/mol. The first-order valence-electron chi connectivity index (χ1n) is 12.9. The molecule has 0 heterocycles. The number of hydrogen-bond acceptors (Lipinski definition) is 3. The van der Waals surface area contributed by atoms with Gasteiger partial charge in [0.2, 0.25) is 0 Å².